The van der Waals surface area contributed by atoms with E-state index in [1.807, 2.05) is 0 Å². The molecular weight excluding hydrogens is 555 g/mol. The van der Waals surface area contributed by atoms with Gasteiger partial charge in [0.1, 0.15) is 4.21 Å². The van der Waals surface area contributed by atoms with Crippen LogP contribution in [0.4, 0.5) is 19.0 Å². The average Bonchev–Trinajstić information content (AvgIpc) is 3.35. The highest BCUT2D eigenvalue weighted by atomic mass is 35.5. The van der Waals surface area contributed by atoms with Crippen molar-refractivity contribution in [3.63, 3.8) is 0 Å². The number of carbonyl (C=O) groups excluding carboxylic acids is 2. The summed E-state index contributed by atoms with van der Waals surface area (Å²) in [6.07, 6.45) is -3.57. The fourth-order valence-corrected chi connectivity index (χ4v) is 5.40. The molecule has 0 saturated heterocycles. The molecule has 198 valence electrons. The Labute approximate surface area is 219 Å². The molecule has 37 heavy (non-hydrogen) atoms. The lowest BCUT2D eigenvalue weighted by Gasteiger charge is -2.24. The molecule has 2 amide bonds. The molecule has 3 rings (SSSR count). The second kappa shape index (κ2) is 11.9. The molecule has 0 radical (unpaired) electrons. The molecule has 1 aromatic carbocycles. The minimum Gasteiger partial charge on any atom is -0.347 e. The molecule has 0 aliphatic carbocycles. The summed E-state index contributed by atoms with van der Waals surface area (Å²) in [5.41, 5.74) is 1.61. The van der Waals surface area contributed by atoms with E-state index in [1.165, 1.54) is 19.1 Å². The first-order chi connectivity index (χ1) is 17.4. The van der Waals surface area contributed by atoms with E-state index in [1.54, 1.807) is 24.3 Å². The van der Waals surface area contributed by atoms with Crippen molar-refractivity contribution < 1.29 is 31.2 Å². The number of hydrazine groups is 1. The number of nitrogens with zero attached hydrogens (tertiary/aromatic N) is 2. The van der Waals surface area contributed by atoms with Crippen molar-refractivity contribution >= 4 is 50.6 Å². The number of aromatic nitrogens is 1. The van der Waals surface area contributed by atoms with Gasteiger partial charge in [0, 0.05) is 28.2 Å². The van der Waals surface area contributed by atoms with Gasteiger partial charge in [-0.05, 0) is 55.5 Å². The molecule has 15 heteroatoms. The monoisotopic (exact) mass is 575 g/mol. The molecule has 0 unspecified atom stereocenters. The van der Waals surface area contributed by atoms with Gasteiger partial charge >= 0.3 is 6.18 Å². The number of benzene rings is 1. The Hall–Kier alpha value is -3.20. The number of anilines is 1. The predicted molar refractivity (Wildman–Crippen MR) is 132 cm³/mol. The van der Waals surface area contributed by atoms with Crippen LogP contribution in [-0.2, 0) is 27.5 Å². The smallest absolute Gasteiger partial charge is 0.347 e. The Morgan fingerprint density at radius 2 is 1.81 bits per heavy atom. The molecule has 3 N–H and O–H groups in total. The van der Waals surface area contributed by atoms with Crippen LogP contribution in [0.25, 0.3) is 0 Å². The minimum atomic E-state index is -4.70. The lowest BCUT2D eigenvalue weighted by molar-refractivity contribution is -0.138. The second-order valence-electron chi connectivity index (χ2n) is 7.38. The number of alkyl halides is 3. The Morgan fingerprint density at radius 1 is 1.11 bits per heavy atom. The van der Waals surface area contributed by atoms with Crippen molar-refractivity contribution in [3.05, 3.63) is 75.8 Å². The normalized spacial score (nSPS) is 11.7. The van der Waals surface area contributed by atoms with Crippen LogP contribution in [0.1, 0.15) is 27.7 Å². The Kier molecular flexibility index (Phi) is 9.12. The molecule has 0 aliphatic rings. The first-order valence-electron chi connectivity index (χ1n) is 10.6. The number of thiophene rings is 1. The number of likely N-dealkylation sites (N-methyl/N-ethyl adjacent to an activating group) is 1. The molecule has 0 atom stereocenters. The van der Waals surface area contributed by atoms with Crippen molar-refractivity contribution in [2.75, 3.05) is 18.5 Å². The summed E-state index contributed by atoms with van der Waals surface area (Å²) < 4.78 is 66.9. The van der Waals surface area contributed by atoms with E-state index < -0.39 is 40.0 Å². The number of hydrogen-bond acceptors (Lipinski definition) is 7. The summed E-state index contributed by atoms with van der Waals surface area (Å²) in [6.45, 7) is 0.794. The van der Waals surface area contributed by atoms with Crippen molar-refractivity contribution in [2.45, 2.75) is 23.9 Å². The number of halogens is 4. The second-order valence-corrected chi connectivity index (χ2v) is 11.0. The predicted octanol–water partition coefficient (Wildman–Crippen LogP) is 3.90. The van der Waals surface area contributed by atoms with Gasteiger partial charge < -0.3 is 5.32 Å². The van der Waals surface area contributed by atoms with Crippen molar-refractivity contribution in [3.8, 4) is 0 Å². The van der Waals surface area contributed by atoms with Crippen molar-refractivity contribution in [1.29, 1.82) is 0 Å². The first-order valence-corrected chi connectivity index (χ1v) is 13.3. The van der Waals surface area contributed by atoms with E-state index >= 15 is 0 Å². The zero-order valence-electron chi connectivity index (χ0n) is 19.2. The molecule has 3 aromatic rings. The molecule has 0 spiro atoms. The molecule has 0 aliphatic heterocycles. The number of hydrogen-bond donors (Lipinski definition) is 3. The molecular formula is C22H21ClF3N5O4S2. The van der Waals surface area contributed by atoms with E-state index in [4.69, 9.17) is 11.6 Å². The number of carbonyl (C=O) groups is 2. The number of nitrogens with one attached hydrogen (secondary N) is 3. The van der Waals surface area contributed by atoms with Gasteiger partial charge in [0.2, 0.25) is 0 Å². The highest BCUT2D eigenvalue weighted by Gasteiger charge is 2.35. The number of rotatable bonds is 10. The largest absolute Gasteiger partial charge is 0.420 e. The zero-order valence-corrected chi connectivity index (χ0v) is 21.6. The topological polar surface area (TPSA) is 120 Å². The lowest BCUT2D eigenvalue weighted by atomic mass is 10.2. The molecule has 9 nitrogen and oxygen atoms in total. The van der Waals surface area contributed by atoms with Crippen LogP contribution < -0.4 is 15.5 Å². The van der Waals surface area contributed by atoms with E-state index in [9.17, 15) is 31.2 Å². The summed E-state index contributed by atoms with van der Waals surface area (Å²) in [6, 6.07) is 11.0. The third kappa shape index (κ3) is 7.64. The van der Waals surface area contributed by atoms with Gasteiger partial charge in [0.15, 0.2) is 5.82 Å². The number of pyridine rings is 1. The summed E-state index contributed by atoms with van der Waals surface area (Å²) in [5, 5.41) is 3.98. The maximum absolute atomic E-state index is 13.2. The highest BCUT2D eigenvalue weighted by Crippen LogP contribution is 2.33. The summed E-state index contributed by atoms with van der Waals surface area (Å²) in [5.74, 6) is -1.78. The third-order valence-electron chi connectivity index (χ3n) is 4.82. The fraction of sp³-hybridized carbons (Fsp3) is 0.227. The quantitative estimate of drug-likeness (QED) is 0.315. The standard InChI is InChI=1S/C22H21ClF3N5O4S2/c1-2-31(30-20-17(22(24,25)26)4-3-11-27-20)18(32)13-29-37(34,35)19-10-9-16(36-19)12-28-21(33)14-5-7-15(23)8-6-14/h3-11,29H,2,12-13H2,1H3,(H,27,30)(H,28,33). The zero-order chi connectivity index (χ0) is 27.2. The SMILES string of the molecule is CCN(Nc1ncccc1C(F)(F)F)C(=O)CNS(=O)(=O)c1ccc(CNC(=O)c2ccc(Cl)cc2)s1. The third-order valence-corrected chi connectivity index (χ3v) is 8.05. The minimum absolute atomic E-state index is 0.0646. The van der Waals surface area contributed by atoms with E-state index in [0.717, 1.165) is 34.7 Å². The van der Waals surface area contributed by atoms with Crippen molar-refractivity contribution in [2.24, 2.45) is 0 Å². The van der Waals surface area contributed by atoms with E-state index in [2.05, 4.69) is 20.4 Å². The van der Waals surface area contributed by atoms with Crippen LogP contribution in [0.15, 0.2) is 58.9 Å². The van der Waals surface area contributed by atoms with Crippen LogP contribution >= 0.6 is 22.9 Å². The van der Waals surface area contributed by atoms with Gasteiger partial charge in [-0.3, -0.25) is 20.0 Å². The van der Waals surface area contributed by atoms with Crippen LogP contribution in [0, 0.1) is 0 Å². The summed E-state index contributed by atoms with van der Waals surface area (Å²) in [7, 11) is -4.11. The Morgan fingerprint density at radius 3 is 2.46 bits per heavy atom. The van der Waals surface area contributed by atoms with E-state index in [-0.39, 0.29) is 23.2 Å². The van der Waals surface area contributed by atoms with Gasteiger partial charge in [-0.2, -0.15) is 13.2 Å². The van der Waals surface area contributed by atoms with E-state index in [0.29, 0.717) is 15.5 Å². The molecule has 0 fully saturated rings. The molecule has 2 heterocycles. The van der Waals surface area contributed by atoms with Crippen LogP contribution in [0.2, 0.25) is 5.02 Å². The van der Waals surface area contributed by atoms with Crippen LogP contribution in [-0.4, -0.2) is 43.3 Å². The summed E-state index contributed by atoms with van der Waals surface area (Å²) in [4.78, 5) is 28.9. The maximum atomic E-state index is 13.2. The van der Waals surface area contributed by atoms with Crippen LogP contribution in [0.5, 0.6) is 0 Å². The van der Waals surface area contributed by atoms with Gasteiger partial charge in [-0.25, -0.2) is 18.1 Å². The number of amides is 2. The molecule has 2 aromatic heterocycles. The fourth-order valence-electron chi connectivity index (χ4n) is 2.96. The Bertz CT molecular complexity index is 1370. The van der Waals surface area contributed by atoms with Gasteiger partial charge in [-0.15, -0.1) is 11.3 Å². The number of sulfonamides is 1. The maximum Gasteiger partial charge on any atom is 0.420 e. The first kappa shape index (κ1) is 28.4. The average molecular weight is 576 g/mol. The highest BCUT2D eigenvalue weighted by molar-refractivity contribution is 7.91. The molecule has 0 bridgehead atoms. The Balaban J connectivity index is 1.59. The van der Waals surface area contributed by atoms with Crippen molar-refractivity contribution in [1.82, 2.24) is 20.0 Å². The summed E-state index contributed by atoms with van der Waals surface area (Å²) >= 11 is 6.69. The van der Waals surface area contributed by atoms with Gasteiger partial charge in [0.25, 0.3) is 21.8 Å². The van der Waals surface area contributed by atoms with Gasteiger partial charge in [0.05, 0.1) is 18.7 Å². The lowest BCUT2D eigenvalue weighted by Crippen LogP contribution is -2.43. The molecule has 0 saturated carbocycles. The van der Waals surface area contributed by atoms with Gasteiger partial charge in [-0.1, -0.05) is 11.6 Å². The van der Waals surface area contributed by atoms with Crippen LogP contribution in [0.3, 0.4) is 0 Å².